The van der Waals surface area contributed by atoms with Crippen molar-refractivity contribution in [3.05, 3.63) is 36.3 Å². The summed E-state index contributed by atoms with van der Waals surface area (Å²) in [7, 11) is 0. The van der Waals surface area contributed by atoms with E-state index < -0.39 is 5.82 Å². The van der Waals surface area contributed by atoms with Gasteiger partial charge in [-0.25, -0.2) is 19.0 Å². The Bertz CT molecular complexity index is 1020. The Morgan fingerprint density at radius 2 is 2.10 bits per heavy atom. The van der Waals surface area contributed by atoms with Gasteiger partial charge in [0.2, 0.25) is 0 Å². The van der Waals surface area contributed by atoms with E-state index in [0.717, 1.165) is 5.39 Å². The van der Waals surface area contributed by atoms with Crippen molar-refractivity contribution in [2.45, 2.75) is 18.6 Å². The van der Waals surface area contributed by atoms with Gasteiger partial charge in [-0.05, 0) is 25.3 Å². The van der Waals surface area contributed by atoms with Crippen LogP contribution in [0.25, 0.3) is 11.0 Å². The molecule has 0 atom stereocenters. The van der Waals surface area contributed by atoms with Gasteiger partial charge in [0.1, 0.15) is 5.82 Å². The maximum absolute atomic E-state index is 13.5. The predicted octanol–water partition coefficient (Wildman–Crippen LogP) is 2.33. The van der Waals surface area contributed by atoms with Crippen LogP contribution in [0.4, 0.5) is 10.2 Å². The molecule has 0 aliphatic rings. The number of para-hydroxylation sites is 1. The van der Waals surface area contributed by atoms with Crippen LogP contribution < -0.4 is 15.4 Å². The molecule has 0 spiro atoms. The lowest BCUT2D eigenvalue weighted by Crippen LogP contribution is -2.31. The van der Waals surface area contributed by atoms with E-state index in [1.807, 2.05) is 13.2 Å². The van der Waals surface area contributed by atoms with E-state index in [0.29, 0.717) is 49.5 Å². The molecule has 3 aromatic rings. The van der Waals surface area contributed by atoms with Crippen molar-refractivity contribution >= 4 is 34.5 Å². The number of thioether (sulfide) groups is 1. The first-order valence-corrected chi connectivity index (χ1v) is 11.1. The highest BCUT2D eigenvalue weighted by Crippen LogP contribution is 2.23. The van der Waals surface area contributed by atoms with Crippen LogP contribution >= 0.6 is 11.8 Å². The molecule has 11 heteroatoms. The van der Waals surface area contributed by atoms with E-state index in [-0.39, 0.29) is 18.3 Å². The maximum Gasteiger partial charge on any atom is 0.258 e. The third-order valence-corrected chi connectivity index (χ3v) is 4.79. The van der Waals surface area contributed by atoms with Crippen molar-refractivity contribution in [3.63, 3.8) is 0 Å². The van der Waals surface area contributed by atoms with Gasteiger partial charge in [0.05, 0.1) is 24.7 Å². The maximum atomic E-state index is 13.5. The van der Waals surface area contributed by atoms with E-state index in [1.54, 1.807) is 23.0 Å². The van der Waals surface area contributed by atoms with E-state index in [2.05, 4.69) is 25.7 Å². The molecule has 0 aliphatic heterocycles. The molecule has 2 N–H and O–H groups in total. The van der Waals surface area contributed by atoms with Crippen LogP contribution in [0.2, 0.25) is 0 Å². The highest BCUT2D eigenvalue weighted by atomic mass is 32.2. The van der Waals surface area contributed by atoms with E-state index in [9.17, 15) is 9.18 Å². The molecule has 166 valence electrons. The van der Waals surface area contributed by atoms with E-state index >= 15 is 0 Å². The first kappa shape index (κ1) is 22.8. The van der Waals surface area contributed by atoms with Crippen molar-refractivity contribution in [1.29, 1.82) is 0 Å². The number of nitrogens with zero attached hydrogens (tertiary/aromatic N) is 4. The summed E-state index contributed by atoms with van der Waals surface area (Å²) in [6.45, 7) is 4.27. The van der Waals surface area contributed by atoms with Crippen LogP contribution in [-0.2, 0) is 16.1 Å². The van der Waals surface area contributed by atoms with Gasteiger partial charge in [0, 0.05) is 19.7 Å². The second-order valence-corrected chi connectivity index (χ2v) is 7.13. The summed E-state index contributed by atoms with van der Waals surface area (Å²) in [4.78, 5) is 21.1. The fourth-order valence-corrected chi connectivity index (χ4v) is 3.13. The van der Waals surface area contributed by atoms with Gasteiger partial charge in [0.25, 0.3) is 5.91 Å². The molecule has 1 aromatic carbocycles. The average molecular weight is 449 g/mol. The molecule has 0 radical (unpaired) electrons. The van der Waals surface area contributed by atoms with Gasteiger partial charge in [-0.1, -0.05) is 23.9 Å². The van der Waals surface area contributed by atoms with Crippen LogP contribution in [-0.4, -0.2) is 64.8 Å². The molecule has 0 saturated carbocycles. The summed E-state index contributed by atoms with van der Waals surface area (Å²) >= 11 is 1.44. The number of hydrogen-bond donors (Lipinski definition) is 2. The van der Waals surface area contributed by atoms with Crippen LogP contribution in [0.15, 0.2) is 35.6 Å². The number of anilines is 1. The Balaban J connectivity index is 1.57. The topological polar surface area (TPSA) is 103 Å². The molecular weight excluding hydrogens is 423 g/mol. The molecule has 0 bridgehead atoms. The van der Waals surface area contributed by atoms with Gasteiger partial charge >= 0.3 is 0 Å². The number of carbonyl (C=O) groups excluding carboxylic acids is 1. The lowest BCUT2D eigenvalue weighted by molar-refractivity contribution is -0.123. The number of ether oxygens (including phenoxy) is 2. The Labute approximate surface area is 183 Å². The molecule has 0 unspecified atom stereocenters. The number of halogens is 1. The molecule has 0 aliphatic carbocycles. The number of nitrogens with one attached hydrogen (secondary N) is 2. The van der Waals surface area contributed by atoms with Gasteiger partial charge in [-0.3, -0.25) is 4.79 Å². The number of hydrogen-bond acceptors (Lipinski definition) is 8. The van der Waals surface area contributed by atoms with Crippen LogP contribution in [0, 0.1) is 5.82 Å². The standard InChI is InChI=1S/C20H25FN6O3S/c1-3-29-11-9-23-18-14-12-24-27(19(14)26-20(25-18)31-2)10-8-22-17(28)13-30-16-7-5-4-6-15(16)21/h4-7,12H,3,8-11,13H2,1-2H3,(H,22,28)(H,23,25,26). The highest BCUT2D eigenvalue weighted by molar-refractivity contribution is 7.98. The minimum absolute atomic E-state index is 0.0429. The normalized spacial score (nSPS) is 10.9. The third-order valence-electron chi connectivity index (χ3n) is 4.24. The molecule has 0 fully saturated rings. The fourth-order valence-electron chi connectivity index (χ4n) is 2.77. The number of amides is 1. The second-order valence-electron chi connectivity index (χ2n) is 6.36. The molecular formula is C20H25FN6O3S. The molecule has 31 heavy (non-hydrogen) atoms. The Morgan fingerprint density at radius 1 is 1.26 bits per heavy atom. The van der Waals surface area contributed by atoms with E-state index in [1.165, 1.54) is 23.9 Å². The van der Waals surface area contributed by atoms with Crippen molar-refractivity contribution in [3.8, 4) is 5.75 Å². The summed E-state index contributed by atoms with van der Waals surface area (Å²) in [5.41, 5.74) is 0.676. The van der Waals surface area contributed by atoms with Crippen LogP contribution in [0.3, 0.4) is 0 Å². The number of rotatable bonds is 12. The average Bonchev–Trinajstić information content (AvgIpc) is 3.19. The number of aromatic nitrogens is 4. The van der Waals surface area contributed by atoms with Gasteiger partial charge in [0.15, 0.2) is 29.0 Å². The minimum Gasteiger partial charge on any atom is -0.481 e. The van der Waals surface area contributed by atoms with Crippen LogP contribution in [0.5, 0.6) is 5.75 Å². The molecule has 2 heterocycles. The molecule has 9 nitrogen and oxygen atoms in total. The van der Waals surface area contributed by atoms with Gasteiger partial charge in [-0.2, -0.15) is 5.10 Å². The van der Waals surface area contributed by atoms with Crippen molar-refractivity contribution in [2.75, 3.05) is 44.5 Å². The summed E-state index contributed by atoms with van der Waals surface area (Å²) in [5.74, 6) is -0.116. The van der Waals surface area contributed by atoms with Crippen molar-refractivity contribution in [1.82, 2.24) is 25.1 Å². The number of benzene rings is 1. The fraction of sp³-hybridized carbons (Fsp3) is 0.400. The molecule has 2 aromatic heterocycles. The molecule has 0 saturated heterocycles. The number of fused-ring (bicyclic) bond motifs is 1. The molecule has 3 rings (SSSR count). The van der Waals surface area contributed by atoms with Crippen molar-refractivity contribution in [2.24, 2.45) is 0 Å². The summed E-state index contributed by atoms with van der Waals surface area (Å²) in [5, 5.41) is 11.8. The zero-order valence-electron chi connectivity index (χ0n) is 17.4. The summed E-state index contributed by atoms with van der Waals surface area (Å²) < 4.78 is 25.8. The minimum atomic E-state index is -0.506. The Hall–Kier alpha value is -2.92. The SMILES string of the molecule is CCOCCNc1nc(SC)nc2c1cnn2CCNC(=O)COc1ccccc1F. The van der Waals surface area contributed by atoms with Gasteiger partial charge < -0.3 is 20.1 Å². The third kappa shape index (κ3) is 6.28. The Kier molecular flexibility index (Phi) is 8.42. The monoisotopic (exact) mass is 448 g/mol. The predicted molar refractivity (Wildman–Crippen MR) is 117 cm³/mol. The Morgan fingerprint density at radius 3 is 2.87 bits per heavy atom. The zero-order valence-corrected chi connectivity index (χ0v) is 18.2. The second kappa shape index (κ2) is 11.5. The highest BCUT2D eigenvalue weighted by Gasteiger charge is 2.13. The lowest BCUT2D eigenvalue weighted by Gasteiger charge is -2.10. The first-order chi connectivity index (χ1) is 15.1. The van der Waals surface area contributed by atoms with Crippen LogP contribution in [0.1, 0.15) is 6.92 Å². The summed E-state index contributed by atoms with van der Waals surface area (Å²) in [6, 6.07) is 5.95. The quantitative estimate of drug-likeness (QED) is 0.247. The van der Waals surface area contributed by atoms with Gasteiger partial charge in [-0.15, -0.1) is 0 Å². The lowest BCUT2D eigenvalue weighted by atomic mass is 10.3. The number of carbonyl (C=O) groups is 1. The smallest absolute Gasteiger partial charge is 0.258 e. The van der Waals surface area contributed by atoms with Crippen molar-refractivity contribution < 1.29 is 18.7 Å². The first-order valence-electron chi connectivity index (χ1n) is 9.85. The van der Waals surface area contributed by atoms with E-state index in [4.69, 9.17) is 9.47 Å². The molecule has 1 amide bonds. The summed E-state index contributed by atoms with van der Waals surface area (Å²) in [6.07, 6.45) is 3.60. The largest absolute Gasteiger partial charge is 0.481 e. The zero-order chi connectivity index (χ0) is 22.1.